The maximum absolute atomic E-state index is 11.5. The number of nitrogens with one attached hydrogen (secondary N) is 1. The van der Waals surface area contributed by atoms with Crippen LogP contribution in [0.2, 0.25) is 0 Å². The number of rotatable bonds is 3. The van der Waals surface area contributed by atoms with Gasteiger partial charge in [0.05, 0.1) is 10.6 Å². The van der Waals surface area contributed by atoms with Gasteiger partial charge < -0.3 is 11.1 Å². The fourth-order valence-corrected chi connectivity index (χ4v) is 4.41. The molecule has 0 bridgehead atoms. The second kappa shape index (κ2) is 7.28. The molecule has 3 nitrogen and oxygen atoms in total. The summed E-state index contributed by atoms with van der Waals surface area (Å²) in [6, 6.07) is 7.54. The average Bonchev–Trinajstić information content (AvgIpc) is 2.82. The van der Waals surface area contributed by atoms with E-state index in [0.717, 1.165) is 5.69 Å². The highest BCUT2D eigenvalue weighted by molar-refractivity contribution is 8.19. The fraction of sp³-hybridized carbons (Fsp3) is 0.417. The first kappa shape index (κ1) is 15.7. The molecule has 2 rings (SSSR count). The van der Waals surface area contributed by atoms with Gasteiger partial charge in [-0.2, -0.15) is 0 Å². The molecule has 1 aliphatic heterocycles. The van der Waals surface area contributed by atoms with E-state index in [2.05, 4.69) is 11.4 Å². The Morgan fingerprint density at radius 2 is 2.11 bits per heavy atom. The van der Waals surface area contributed by atoms with Crippen molar-refractivity contribution in [3.63, 3.8) is 0 Å². The van der Waals surface area contributed by atoms with Crippen molar-refractivity contribution in [2.75, 3.05) is 16.8 Å². The number of hydrogen-bond acceptors (Lipinski definition) is 4. The van der Waals surface area contributed by atoms with Crippen LogP contribution in [0.3, 0.4) is 0 Å². The lowest BCUT2D eigenvalue weighted by Gasteiger charge is -2.12. The van der Waals surface area contributed by atoms with Gasteiger partial charge in [0.15, 0.2) is 0 Å². The molecule has 1 aromatic carbocycles. The molecule has 1 amide bonds. The zero-order chi connectivity index (χ0) is 12.3. The van der Waals surface area contributed by atoms with Gasteiger partial charge in [-0.15, -0.1) is 35.9 Å². The van der Waals surface area contributed by atoms with Crippen molar-refractivity contribution >= 4 is 47.5 Å². The van der Waals surface area contributed by atoms with E-state index in [1.54, 1.807) is 6.92 Å². The third-order valence-corrected chi connectivity index (χ3v) is 5.57. The molecule has 3 N–H and O–H groups in total. The minimum absolute atomic E-state index is 0. The first-order valence-corrected chi connectivity index (χ1v) is 7.66. The molecular weight excluding hydrogens is 288 g/mol. The molecule has 1 saturated heterocycles. The van der Waals surface area contributed by atoms with Gasteiger partial charge in [-0.1, -0.05) is 12.1 Å². The zero-order valence-electron chi connectivity index (χ0n) is 10.1. The Kier molecular flexibility index (Phi) is 6.35. The molecule has 1 heterocycles. The summed E-state index contributed by atoms with van der Waals surface area (Å²) in [5.74, 6) is 2.26. The predicted molar refractivity (Wildman–Crippen MR) is 83.6 cm³/mol. The number of halogens is 1. The molecule has 0 saturated carbocycles. The number of benzene rings is 1. The third kappa shape index (κ3) is 4.09. The number of anilines is 1. The van der Waals surface area contributed by atoms with Crippen LogP contribution in [0.25, 0.3) is 0 Å². The Morgan fingerprint density at radius 3 is 2.72 bits per heavy atom. The van der Waals surface area contributed by atoms with E-state index in [-0.39, 0.29) is 18.3 Å². The fourth-order valence-electron chi connectivity index (χ4n) is 1.57. The standard InChI is InChI=1S/C12H16N2OS2.ClH/c1-8(13)11(15)14-10-4-2-3-9(7-10)12-16-5-6-17-12;/h2-4,7-8,12H,5-6,13H2,1H3,(H,14,15);1H/t8-;/m0./s1. The van der Waals surface area contributed by atoms with E-state index in [9.17, 15) is 4.79 Å². The van der Waals surface area contributed by atoms with Gasteiger partial charge in [0, 0.05) is 17.2 Å². The molecule has 1 atom stereocenters. The molecule has 1 aliphatic rings. The monoisotopic (exact) mass is 304 g/mol. The molecule has 1 aromatic rings. The van der Waals surface area contributed by atoms with Gasteiger partial charge in [0.2, 0.25) is 5.91 Å². The average molecular weight is 305 g/mol. The topological polar surface area (TPSA) is 55.1 Å². The van der Waals surface area contributed by atoms with Crippen LogP contribution in [0.5, 0.6) is 0 Å². The second-order valence-corrected chi connectivity index (χ2v) is 6.70. The maximum atomic E-state index is 11.5. The zero-order valence-corrected chi connectivity index (χ0v) is 12.5. The number of amides is 1. The van der Waals surface area contributed by atoms with Gasteiger partial charge in [-0.05, 0) is 24.6 Å². The van der Waals surface area contributed by atoms with Gasteiger partial charge in [-0.3, -0.25) is 4.79 Å². The molecule has 0 aliphatic carbocycles. The second-order valence-electron chi connectivity index (χ2n) is 3.98. The highest BCUT2D eigenvalue weighted by Crippen LogP contribution is 2.45. The lowest BCUT2D eigenvalue weighted by atomic mass is 10.2. The van der Waals surface area contributed by atoms with E-state index in [1.165, 1.54) is 17.1 Å². The van der Waals surface area contributed by atoms with E-state index >= 15 is 0 Å². The minimum Gasteiger partial charge on any atom is -0.325 e. The number of nitrogens with two attached hydrogens (primary N) is 1. The van der Waals surface area contributed by atoms with Crippen LogP contribution in [0, 0.1) is 0 Å². The molecule has 0 unspecified atom stereocenters. The number of thioether (sulfide) groups is 2. The summed E-state index contributed by atoms with van der Waals surface area (Å²) in [5, 5.41) is 2.82. The van der Waals surface area contributed by atoms with Crippen LogP contribution in [-0.2, 0) is 4.79 Å². The van der Waals surface area contributed by atoms with Crippen LogP contribution in [-0.4, -0.2) is 23.5 Å². The third-order valence-electron chi connectivity index (χ3n) is 2.46. The number of hydrogen-bond donors (Lipinski definition) is 2. The summed E-state index contributed by atoms with van der Waals surface area (Å²) in [5.41, 5.74) is 7.62. The van der Waals surface area contributed by atoms with Crippen molar-refractivity contribution in [2.24, 2.45) is 5.73 Å². The lowest BCUT2D eigenvalue weighted by molar-refractivity contribution is -0.117. The van der Waals surface area contributed by atoms with Crippen LogP contribution in [0.1, 0.15) is 17.1 Å². The maximum Gasteiger partial charge on any atom is 0.240 e. The summed E-state index contributed by atoms with van der Waals surface area (Å²) < 4.78 is 0.502. The molecule has 1 fully saturated rings. The first-order valence-electron chi connectivity index (χ1n) is 5.56. The summed E-state index contributed by atoms with van der Waals surface area (Å²) in [7, 11) is 0. The van der Waals surface area contributed by atoms with E-state index in [0.29, 0.717) is 4.58 Å². The Balaban J connectivity index is 0.00000162. The Bertz CT molecular complexity index is 409. The van der Waals surface area contributed by atoms with Crippen LogP contribution >= 0.6 is 35.9 Å². The summed E-state index contributed by atoms with van der Waals surface area (Å²) in [4.78, 5) is 11.5. The molecule has 0 aromatic heterocycles. The Morgan fingerprint density at radius 1 is 1.44 bits per heavy atom. The highest BCUT2D eigenvalue weighted by atomic mass is 35.5. The van der Waals surface area contributed by atoms with E-state index in [1.807, 2.05) is 41.7 Å². The van der Waals surface area contributed by atoms with Gasteiger partial charge in [0.25, 0.3) is 0 Å². The van der Waals surface area contributed by atoms with Crippen molar-refractivity contribution in [3.05, 3.63) is 29.8 Å². The smallest absolute Gasteiger partial charge is 0.240 e. The molecule has 18 heavy (non-hydrogen) atoms. The first-order chi connectivity index (χ1) is 8.16. The van der Waals surface area contributed by atoms with E-state index in [4.69, 9.17) is 5.73 Å². The predicted octanol–water partition coefficient (Wildman–Crippen LogP) is 2.87. The van der Waals surface area contributed by atoms with Crippen molar-refractivity contribution in [1.29, 1.82) is 0 Å². The highest BCUT2D eigenvalue weighted by Gasteiger charge is 2.18. The number of carbonyl (C=O) groups is 1. The molecular formula is C12H17ClN2OS2. The molecule has 0 spiro atoms. The van der Waals surface area contributed by atoms with Gasteiger partial charge in [0.1, 0.15) is 0 Å². The van der Waals surface area contributed by atoms with Crippen molar-refractivity contribution in [1.82, 2.24) is 0 Å². The summed E-state index contributed by atoms with van der Waals surface area (Å²) in [6.45, 7) is 1.68. The van der Waals surface area contributed by atoms with Gasteiger partial charge in [-0.25, -0.2) is 0 Å². The molecule has 100 valence electrons. The van der Waals surface area contributed by atoms with Gasteiger partial charge >= 0.3 is 0 Å². The van der Waals surface area contributed by atoms with Crippen LogP contribution in [0.15, 0.2) is 24.3 Å². The van der Waals surface area contributed by atoms with Crippen LogP contribution < -0.4 is 11.1 Å². The van der Waals surface area contributed by atoms with Crippen LogP contribution in [0.4, 0.5) is 5.69 Å². The minimum atomic E-state index is -0.478. The van der Waals surface area contributed by atoms with Crippen molar-refractivity contribution in [3.8, 4) is 0 Å². The van der Waals surface area contributed by atoms with Crippen molar-refractivity contribution in [2.45, 2.75) is 17.5 Å². The number of carbonyl (C=O) groups excluding carboxylic acids is 1. The summed E-state index contributed by atoms with van der Waals surface area (Å²) >= 11 is 3.91. The summed E-state index contributed by atoms with van der Waals surface area (Å²) in [6.07, 6.45) is 0. The Hall–Kier alpha value is -0.360. The molecule has 6 heteroatoms. The lowest BCUT2D eigenvalue weighted by Crippen LogP contribution is -2.32. The van der Waals surface area contributed by atoms with E-state index < -0.39 is 6.04 Å². The Labute approximate surface area is 122 Å². The largest absolute Gasteiger partial charge is 0.325 e. The normalized spacial score (nSPS) is 17.0. The quantitative estimate of drug-likeness (QED) is 0.901. The molecule has 0 radical (unpaired) electrons. The SMILES string of the molecule is C[C@H](N)C(=O)Nc1cccc(C2SCCS2)c1.Cl. The van der Waals surface area contributed by atoms with Crippen molar-refractivity contribution < 1.29 is 4.79 Å².